The molecule has 202 valence electrons. The van der Waals surface area contributed by atoms with Crippen molar-refractivity contribution >= 4 is 5.78 Å². The molecule has 2 saturated heterocycles. The van der Waals surface area contributed by atoms with Crippen LogP contribution in [0.25, 0.3) is 0 Å². The lowest BCUT2D eigenvalue weighted by Gasteiger charge is -2.42. The van der Waals surface area contributed by atoms with Crippen LogP contribution >= 0.6 is 0 Å². The standard InChI is InChI=1S/C24H40O11/c1-12-7-14(26)8-23(3,4)15(12)6-5-13(2)34-21-19(29)18(28)17(27)16(35-21)9-32-22-20(30)24(31,10-25)11-33-22/h7,13,15-22,25,27-31H,5-6,8-11H2,1-4H3/t13?,15-,16-,17-,18+,19-,20-,21+,22+,24+/m0/s1. The number of hydrogen-bond donors (Lipinski definition) is 6. The van der Waals surface area contributed by atoms with Gasteiger partial charge in [-0.1, -0.05) is 19.4 Å². The lowest BCUT2D eigenvalue weighted by atomic mass is 9.66. The number of ketones is 1. The number of aliphatic hydroxyl groups excluding tert-OH is 5. The van der Waals surface area contributed by atoms with Crippen LogP contribution in [0.3, 0.4) is 0 Å². The molecule has 11 nitrogen and oxygen atoms in total. The number of hydrogen-bond acceptors (Lipinski definition) is 11. The number of allylic oxidation sites excluding steroid dienone is 2. The van der Waals surface area contributed by atoms with Crippen LogP contribution in [0, 0.1) is 11.3 Å². The third-order valence-electron chi connectivity index (χ3n) is 7.41. The zero-order valence-corrected chi connectivity index (χ0v) is 20.7. The summed E-state index contributed by atoms with van der Waals surface area (Å²) < 4.78 is 22.1. The molecule has 0 bridgehead atoms. The van der Waals surface area contributed by atoms with Crippen LogP contribution in [0.5, 0.6) is 0 Å². The molecule has 10 atom stereocenters. The highest BCUT2D eigenvalue weighted by molar-refractivity contribution is 5.91. The third-order valence-corrected chi connectivity index (χ3v) is 7.41. The number of aliphatic hydroxyl groups is 6. The van der Waals surface area contributed by atoms with Crippen molar-refractivity contribution in [3.8, 4) is 0 Å². The van der Waals surface area contributed by atoms with Crippen molar-refractivity contribution in [2.45, 2.75) is 102 Å². The maximum Gasteiger partial charge on any atom is 0.186 e. The molecule has 6 N–H and O–H groups in total. The molecule has 0 aromatic carbocycles. The van der Waals surface area contributed by atoms with Crippen LogP contribution in [0.2, 0.25) is 0 Å². The molecule has 0 spiro atoms. The highest BCUT2D eigenvalue weighted by Crippen LogP contribution is 2.42. The first-order valence-corrected chi connectivity index (χ1v) is 12.1. The molecule has 2 fully saturated rings. The Kier molecular flexibility index (Phi) is 9.13. The van der Waals surface area contributed by atoms with Gasteiger partial charge in [0.05, 0.1) is 25.9 Å². The van der Waals surface area contributed by atoms with E-state index in [-0.39, 0.29) is 36.4 Å². The molecule has 2 heterocycles. The summed E-state index contributed by atoms with van der Waals surface area (Å²) in [5, 5.41) is 60.4. The van der Waals surface area contributed by atoms with Crippen molar-refractivity contribution in [1.82, 2.24) is 0 Å². The first-order valence-electron chi connectivity index (χ1n) is 12.1. The fourth-order valence-corrected chi connectivity index (χ4v) is 5.20. The summed E-state index contributed by atoms with van der Waals surface area (Å²) in [7, 11) is 0. The van der Waals surface area contributed by atoms with Crippen molar-refractivity contribution in [1.29, 1.82) is 0 Å². The summed E-state index contributed by atoms with van der Waals surface area (Å²) in [5.74, 6) is 0.330. The fraction of sp³-hybridized carbons (Fsp3) is 0.875. The Morgan fingerprint density at radius 1 is 1.14 bits per heavy atom. The van der Waals surface area contributed by atoms with E-state index in [1.807, 2.05) is 13.8 Å². The zero-order chi connectivity index (χ0) is 26.1. The molecule has 0 aromatic rings. The molecule has 0 aromatic heterocycles. The van der Waals surface area contributed by atoms with E-state index in [4.69, 9.17) is 18.9 Å². The average molecular weight is 505 g/mol. The van der Waals surface area contributed by atoms with Gasteiger partial charge in [-0.3, -0.25) is 4.79 Å². The maximum absolute atomic E-state index is 11.9. The van der Waals surface area contributed by atoms with Crippen LogP contribution in [0.4, 0.5) is 0 Å². The fourth-order valence-electron chi connectivity index (χ4n) is 5.20. The third kappa shape index (κ3) is 6.30. The largest absolute Gasteiger partial charge is 0.393 e. The summed E-state index contributed by atoms with van der Waals surface area (Å²) >= 11 is 0. The molecular formula is C24H40O11. The molecule has 0 amide bonds. The Balaban J connectivity index is 1.55. The summed E-state index contributed by atoms with van der Waals surface area (Å²) in [6.45, 7) is 6.51. The van der Waals surface area contributed by atoms with Gasteiger partial charge in [0.1, 0.15) is 36.1 Å². The van der Waals surface area contributed by atoms with Crippen molar-refractivity contribution in [3.05, 3.63) is 11.6 Å². The highest BCUT2D eigenvalue weighted by Gasteiger charge is 2.50. The average Bonchev–Trinajstić information content (AvgIpc) is 3.06. The minimum atomic E-state index is -1.86. The Morgan fingerprint density at radius 2 is 1.83 bits per heavy atom. The van der Waals surface area contributed by atoms with E-state index in [1.54, 1.807) is 6.08 Å². The molecule has 2 aliphatic heterocycles. The van der Waals surface area contributed by atoms with E-state index in [0.717, 1.165) is 12.0 Å². The topological polar surface area (TPSA) is 175 Å². The minimum absolute atomic E-state index is 0.129. The quantitative estimate of drug-likeness (QED) is 0.227. The van der Waals surface area contributed by atoms with Gasteiger partial charge < -0.3 is 49.6 Å². The van der Waals surface area contributed by atoms with Gasteiger partial charge in [-0.15, -0.1) is 0 Å². The van der Waals surface area contributed by atoms with Crippen molar-refractivity contribution in [3.63, 3.8) is 0 Å². The van der Waals surface area contributed by atoms with E-state index >= 15 is 0 Å². The normalized spacial score (nSPS) is 42.7. The van der Waals surface area contributed by atoms with Crippen LogP contribution in [0.15, 0.2) is 11.6 Å². The van der Waals surface area contributed by atoms with Gasteiger partial charge in [0.25, 0.3) is 0 Å². The minimum Gasteiger partial charge on any atom is -0.393 e. The second kappa shape index (κ2) is 11.2. The molecule has 35 heavy (non-hydrogen) atoms. The first-order chi connectivity index (χ1) is 16.3. The van der Waals surface area contributed by atoms with Crippen LogP contribution in [-0.2, 0) is 23.7 Å². The molecule has 11 heteroatoms. The summed E-state index contributed by atoms with van der Waals surface area (Å²) in [6, 6.07) is 0. The molecule has 1 unspecified atom stereocenters. The predicted molar refractivity (Wildman–Crippen MR) is 121 cm³/mol. The van der Waals surface area contributed by atoms with Crippen molar-refractivity contribution in [2.75, 3.05) is 19.8 Å². The molecule has 0 radical (unpaired) electrons. The molecule has 1 aliphatic carbocycles. The summed E-state index contributed by atoms with van der Waals surface area (Å²) in [6.07, 6.45) is -6.51. The van der Waals surface area contributed by atoms with Gasteiger partial charge in [-0.2, -0.15) is 0 Å². The van der Waals surface area contributed by atoms with E-state index < -0.39 is 55.3 Å². The van der Waals surface area contributed by atoms with Gasteiger partial charge in [0, 0.05) is 6.42 Å². The van der Waals surface area contributed by atoms with Crippen LogP contribution in [0.1, 0.15) is 47.0 Å². The number of carbonyl (C=O) groups is 1. The Hall–Kier alpha value is -0.990. The van der Waals surface area contributed by atoms with Gasteiger partial charge in [-0.05, 0) is 44.1 Å². The lowest BCUT2D eigenvalue weighted by molar-refractivity contribution is -0.318. The molecule has 0 saturated carbocycles. The monoisotopic (exact) mass is 504 g/mol. The Labute approximate surface area is 205 Å². The molecular weight excluding hydrogens is 464 g/mol. The van der Waals surface area contributed by atoms with Gasteiger partial charge in [0.15, 0.2) is 18.4 Å². The first kappa shape index (κ1) is 28.6. The number of ether oxygens (including phenoxy) is 4. The maximum atomic E-state index is 11.9. The Morgan fingerprint density at radius 3 is 2.43 bits per heavy atom. The van der Waals surface area contributed by atoms with E-state index in [0.29, 0.717) is 12.8 Å². The van der Waals surface area contributed by atoms with Gasteiger partial charge in [0.2, 0.25) is 0 Å². The van der Waals surface area contributed by atoms with E-state index in [1.165, 1.54) is 0 Å². The van der Waals surface area contributed by atoms with Crippen molar-refractivity contribution in [2.24, 2.45) is 11.3 Å². The number of rotatable bonds is 9. The van der Waals surface area contributed by atoms with Crippen LogP contribution in [-0.4, -0.2) is 111 Å². The zero-order valence-electron chi connectivity index (χ0n) is 20.7. The van der Waals surface area contributed by atoms with Gasteiger partial charge >= 0.3 is 0 Å². The molecule has 3 aliphatic rings. The second-order valence-corrected chi connectivity index (χ2v) is 10.8. The molecule has 3 rings (SSSR count). The predicted octanol–water partition coefficient (Wildman–Crippen LogP) is -1.00. The number of carbonyl (C=O) groups excluding carboxylic acids is 1. The van der Waals surface area contributed by atoms with E-state index in [9.17, 15) is 35.4 Å². The smallest absolute Gasteiger partial charge is 0.186 e. The lowest BCUT2D eigenvalue weighted by Crippen LogP contribution is -2.60. The summed E-state index contributed by atoms with van der Waals surface area (Å²) in [5.41, 5.74) is -0.997. The van der Waals surface area contributed by atoms with Gasteiger partial charge in [-0.25, -0.2) is 0 Å². The van der Waals surface area contributed by atoms with E-state index in [2.05, 4.69) is 13.8 Å². The summed E-state index contributed by atoms with van der Waals surface area (Å²) in [4.78, 5) is 11.9. The SMILES string of the molecule is CC1=CC(=O)CC(C)(C)[C@H]1CCC(C)O[C@@H]1O[C@@H](CO[C@@H]2OC[C@](O)(CO)[C@H]2O)[C@H](O)[C@@H](O)[C@@H]1O. The highest BCUT2D eigenvalue weighted by atomic mass is 16.7. The van der Waals surface area contributed by atoms with Crippen LogP contribution < -0.4 is 0 Å². The Bertz CT molecular complexity index is 771. The second-order valence-electron chi connectivity index (χ2n) is 10.8. The van der Waals surface area contributed by atoms with Crippen molar-refractivity contribution < 1.29 is 54.4 Å².